The third kappa shape index (κ3) is 1.55. The highest BCUT2D eigenvalue weighted by atomic mass is 79.9. The minimum Gasteiger partial charge on any atom is -0.0831 e. The van der Waals surface area contributed by atoms with E-state index < -0.39 is 0 Å². The third-order valence-corrected chi connectivity index (χ3v) is 4.15. The van der Waals surface area contributed by atoms with Gasteiger partial charge >= 0.3 is 0 Å². The van der Waals surface area contributed by atoms with Gasteiger partial charge in [0.05, 0.1) is 9.50 Å². The van der Waals surface area contributed by atoms with Gasteiger partial charge in [0.15, 0.2) is 0 Å². The summed E-state index contributed by atoms with van der Waals surface area (Å²) in [4.78, 5) is 0. The van der Waals surface area contributed by atoms with Crippen LogP contribution in [0.3, 0.4) is 0 Å². The van der Waals surface area contributed by atoms with Gasteiger partial charge in [-0.15, -0.1) is 0 Å². The molecule has 0 saturated heterocycles. The third-order valence-electron chi connectivity index (χ3n) is 1.23. The molecule has 1 aromatic carbocycles. The van der Waals surface area contributed by atoms with Gasteiger partial charge in [0, 0.05) is 4.47 Å². The molecule has 1 rings (SSSR count). The van der Waals surface area contributed by atoms with Gasteiger partial charge in [0.25, 0.3) is 0 Å². The molecule has 0 aliphatic heterocycles. The predicted octanol–water partition coefficient (Wildman–Crippen LogP) is 4.17. The van der Waals surface area contributed by atoms with E-state index in [2.05, 4.69) is 31.9 Å². The van der Waals surface area contributed by atoms with E-state index in [-0.39, 0.29) is 0 Å². The van der Waals surface area contributed by atoms with Gasteiger partial charge in [-0.05, 0) is 50.4 Å². The minimum atomic E-state index is 0.734. The van der Waals surface area contributed by atoms with Crippen molar-refractivity contribution in [1.29, 1.82) is 0 Å². The Labute approximate surface area is 81.8 Å². The van der Waals surface area contributed by atoms with Crippen LogP contribution in [0, 0.1) is 6.92 Å². The molecule has 0 amide bonds. The smallest absolute Gasteiger partial charge is 0.0559 e. The van der Waals surface area contributed by atoms with Crippen LogP contribution >= 0.6 is 43.5 Å². The second-order valence-electron chi connectivity index (χ2n) is 1.99. The first kappa shape index (κ1) is 8.57. The van der Waals surface area contributed by atoms with Gasteiger partial charge in [-0.1, -0.05) is 17.7 Å². The highest BCUT2D eigenvalue weighted by Gasteiger charge is 2.02. The molecule has 0 aliphatic carbocycles. The second-order valence-corrected chi connectivity index (χ2v) is 3.99. The van der Waals surface area contributed by atoms with E-state index in [0.717, 1.165) is 14.0 Å². The largest absolute Gasteiger partial charge is 0.0831 e. The van der Waals surface area contributed by atoms with Crippen molar-refractivity contribution in [3.63, 3.8) is 0 Å². The Morgan fingerprint density at radius 2 is 1.80 bits per heavy atom. The van der Waals surface area contributed by atoms with Crippen molar-refractivity contribution in [2.45, 2.75) is 6.92 Å². The number of benzene rings is 1. The molecule has 0 unspecified atom stereocenters. The summed E-state index contributed by atoms with van der Waals surface area (Å²) in [5.74, 6) is 0. The number of hydrogen-bond acceptors (Lipinski definition) is 0. The Balaban J connectivity index is 3.34. The van der Waals surface area contributed by atoms with E-state index in [4.69, 9.17) is 11.6 Å². The molecule has 0 aliphatic rings. The van der Waals surface area contributed by atoms with Crippen LogP contribution in [-0.4, -0.2) is 0 Å². The van der Waals surface area contributed by atoms with Gasteiger partial charge in [-0.2, -0.15) is 0 Å². The van der Waals surface area contributed by atoms with Crippen molar-refractivity contribution in [1.82, 2.24) is 0 Å². The lowest BCUT2D eigenvalue weighted by molar-refractivity contribution is 1.41. The first-order chi connectivity index (χ1) is 4.63. The van der Waals surface area contributed by atoms with E-state index in [1.54, 1.807) is 0 Å². The fourth-order valence-electron chi connectivity index (χ4n) is 0.622. The number of hydrogen-bond donors (Lipinski definition) is 0. The summed E-state index contributed by atoms with van der Waals surface area (Å²) in [7, 11) is 0. The van der Waals surface area contributed by atoms with Crippen molar-refractivity contribution in [2.24, 2.45) is 0 Å². The summed E-state index contributed by atoms with van der Waals surface area (Å²) >= 11 is 12.6. The van der Waals surface area contributed by atoms with E-state index >= 15 is 0 Å². The quantitative estimate of drug-likeness (QED) is 0.627. The van der Waals surface area contributed by atoms with Crippen molar-refractivity contribution >= 4 is 43.5 Å². The van der Waals surface area contributed by atoms with Gasteiger partial charge in [0.1, 0.15) is 0 Å². The topological polar surface area (TPSA) is 0 Å². The zero-order chi connectivity index (χ0) is 7.72. The molecule has 0 radical (unpaired) electrons. The van der Waals surface area contributed by atoms with Crippen LogP contribution in [-0.2, 0) is 0 Å². The predicted molar refractivity (Wildman–Crippen MR) is 51.6 cm³/mol. The lowest BCUT2D eigenvalue weighted by atomic mass is 10.2. The molecule has 0 heterocycles. The van der Waals surface area contributed by atoms with E-state index in [1.165, 1.54) is 5.56 Å². The minimum absolute atomic E-state index is 0.734. The van der Waals surface area contributed by atoms with Crippen LogP contribution in [0.4, 0.5) is 0 Å². The zero-order valence-electron chi connectivity index (χ0n) is 5.29. The molecular formula is C7H5Br2Cl. The van der Waals surface area contributed by atoms with Gasteiger partial charge in [-0.3, -0.25) is 0 Å². The van der Waals surface area contributed by atoms with Crippen LogP contribution < -0.4 is 0 Å². The maximum absolute atomic E-state index is 5.81. The van der Waals surface area contributed by atoms with Crippen LogP contribution in [0.2, 0.25) is 5.02 Å². The van der Waals surface area contributed by atoms with Gasteiger partial charge < -0.3 is 0 Å². The van der Waals surface area contributed by atoms with Crippen LogP contribution in [0.15, 0.2) is 21.1 Å². The Kier molecular flexibility index (Phi) is 2.78. The lowest BCUT2D eigenvalue weighted by Gasteiger charge is -2.01. The number of halogens is 3. The normalized spacial score (nSPS) is 10.0. The second kappa shape index (κ2) is 3.24. The lowest BCUT2D eigenvalue weighted by Crippen LogP contribution is -1.77. The average Bonchev–Trinajstić information content (AvgIpc) is 1.93. The van der Waals surface area contributed by atoms with Crippen molar-refractivity contribution in [3.8, 4) is 0 Å². The highest BCUT2D eigenvalue weighted by molar-refractivity contribution is 9.13. The van der Waals surface area contributed by atoms with Crippen LogP contribution in [0.1, 0.15) is 5.56 Å². The SMILES string of the molecule is Cc1ccc(Cl)c(Br)c1Br. The fourth-order valence-corrected chi connectivity index (χ4v) is 1.68. The molecule has 1 aromatic rings. The summed E-state index contributed by atoms with van der Waals surface area (Å²) in [6.45, 7) is 2.02. The maximum atomic E-state index is 5.81. The first-order valence-corrected chi connectivity index (χ1v) is 4.69. The molecule has 0 saturated carbocycles. The Hall–Kier alpha value is 0.470. The highest BCUT2D eigenvalue weighted by Crippen LogP contribution is 2.32. The molecule has 3 heteroatoms. The number of aryl methyl sites for hydroxylation is 1. The standard InChI is InChI=1S/C7H5Br2Cl/c1-4-2-3-5(10)7(9)6(4)8/h2-3H,1H3. The fraction of sp³-hybridized carbons (Fsp3) is 0.143. The summed E-state index contributed by atoms with van der Waals surface area (Å²) in [5, 5.41) is 0.734. The van der Waals surface area contributed by atoms with E-state index in [1.807, 2.05) is 19.1 Å². The molecule has 0 fully saturated rings. The monoisotopic (exact) mass is 282 g/mol. The van der Waals surface area contributed by atoms with Crippen LogP contribution in [0.25, 0.3) is 0 Å². The van der Waals surface area contributed by atoms with Crippen LogP contribution in [0.5, 0.6) is 0 Å². The van der Waals surface area contributed by atoms with E-state index in [9.17, 15) is 0 Å². The molecule has 0 bridgehead atoms. The average molecular weight is 284 g/mol. The summed E-state index contributed by atoms with van der Waals surface area (Å²) in [5.41, 5.74) is 1.18. The Morgan fingerprint density at radius 3 is 2.30 bits per heavy atom. The molecule has 0 atom stereocenters. The molecule has 0 spiro atoms. The molecule has 0 nitrogen and oxygen atoms in total. The number of rotatable bonds is 0. The van der Waals surface area contributed by atoms with Gasteiger partial charge in [0.2, 0.25) is 0 Å². The molecular weight excluding hydrogens is 279 g/mol. The first-order valence-electron chi connectivity index (χ1n) is 2.73. The zero-order valence-corrected chi connectivity index (χ0v) is 9.22. The molecule has 0 aromatic heterocycles. The van der Waals surface area contributed by atoms with Crippen molar-refractivity contribution < 1.29 is 0 Å². The van der Waals surface area contributed by atoms with Gasteiger partial charge in [-0.25, -0.2) is 0 Å². The summed E-state index contributed by atoms with van der Waals surface area (Å²) in [6.07, 6.45) is 0. The summed E-state index contributed by atoms with van der Waals surface area (Å²) < 4.78 is 1.95. The Bertz CT molecular complexity index is 231. The molecule has 10 heavy (non-hydrogen) atoms. The molecule has 54 valence electrons. The maximum Gasteiger partial charge on any atom is 0.0559 e. The molecule has 0 N–H and O–H groups in total. The van der Waals surface area contributed by atoms with Crippen molar-refractivity contribution in [3.05, 3.63) is 31.7 Å². The van der Waals surface area contributed by atoms with Crippen molar-refractivity contribution in [2.75, 3.05) is 0 Å². The van der Waals surface area contributed by atoms with E-state index in [0.29, 0.717) is 0 Å². The summed E-state index contributed by atoms with van der Waals surface area (Å²) in [6, 6.07) is 3.84. The Morgan fingerprint density at radius 1 is 1.20 bits per heavy atom.